The van der Waals surface area contributed by atoms with E-state index in [9.17, 15) is 0 Å². The molecular weight excluding hydrogens is 245 g/mol. The van der Waals surface area contributed by atoms with Crippen molar-refractivity contribution in [2.45, 2.75) is 25.0 Å². The number of nitrogens with one attached hydrogen (secondary N) is 1. The molecule has 2 rings (SSSR count). The monoisotopic (exact) mass is 259 g/mol. The average Bonchev–Trinajstić information content (AvgIpc) is 2.75. The van der Waals surface area contributed by atoms with Crippen molar-refractivity contribution in [2.24, 2.45) is 0 Å². The Balaban J connectivity index is 2.25. The fourth-order valence-electron chi connectivity index (χ4n) is 2.16. The predicted molar refractivity (Wildman–Crippen MR) is 67.2 cm³/mol. The molecule has 1 aromatic rings. The molecule has 0 aliphatic carbocycles. The lowest BCUT2D eigenvalue weighted by molar-refractivity contribution is 0.0808. The van der Waals surface area contributed by atoms with Gasteiger partial charge in [-0.15, -0.1) is 0 Å². The predicted octanol–water partition coefficient (Wildman–Crippen LogP) is 3.43. The van der Waals surface area contributed by atoms with Crippen LogP contribution in [-0.4, -0.2) is 19.8 Å². The zero-order chi connectivity index (χ0) is 11.5. The van der Waals surface area contributed by atoms with Crippen LogP contribution in [0.3, 0.4) is 0 Å². The summed E-state index contributed by atoms with van der Waals surface area (Å²) in [5.74, 6) is 0. The molecule has 88 valence electrons. The first-order chi connectivity index (χ1) is 7.72. The van der Waals surface area contributed by atoms with E-state index < -0.39 is 0 Å². The Kier molecular flexibility index (Phi) is 4.09. The zero-order valence-electron chi connectivity index (χ0n) is 9.17. The maximum absolute atomic E-state index is 6.20. The maximum Gasteiger partial charge on any atom is 0.0771 e. The van der Waals surface area contributed by atoms with Crippen LogP contribution in [0.15, 0.2) is 18.2 Å². The van der Waals surface area contributed by atoms with Gasteiger partial charge in [0.1, 0.15) is 0 Å². The topological polar surface area (TPSA) is 21.3 Å². The highest BCUT2D eigenvalue weighted by Gasteiger charge is 2.27. The molecule has 1 aliphatic heterocycles. The molecule has 1 N–H and O–H groups in total. The van der Waals surface area contributed by atoms with Crippen LogP contribution >= 0.6 is 23.2 Å². The van der Waals surface area contributed by atoms with Crippen molar-refractivity contribution < 1.29 is 4.74 Å². The Bertz CT molecular complexity index is 364. The lowest BCUT2D eigenvalue weighted by Crippen LogP contribution is -2.29. The third-order valence-corrected chi connectivity index (χ3v) is 3.51. The first kappa shape index (κ1) is 12.2. The number of ether oxygens (including phenoxy) is 1. The minimum absolute atomic E-state index is 0.146. The smallest absolute Gasteiger partial charge is 0.0771 e. The van der Waals surface area contributed by atoms with Crippen LogP contribution < -0.4 is 5.32 Å². The highest BCUT2D eigenvalue weighted by molar-refractivity contribution is 6.35. The van der Waals surface area contributed by atoms with Crippen molar-refractivity contribution in [3.8, 4) is 0 Å². The summed E-state index contributed by atoms with van der Waals surface area (Å²) in [5, 5.41) is 4.63. The summed E-state index contributed by atoms with van der Waals surface area (Å²) >= 11 is 12.1. The Morgan fingerprint density at radius 1 is 1.44 bits per heavy atom. The zero-order valence-corrected chi connectivity index (χ0v) is 10.7. The molecule has 16 heavy (non-hydrogen) atoms. The molecule has 1 aromatic carbocycles. The summed E-state index contributed by atoms with van der Waals surface area (Å²) in [6, 6.07) is 5.75. The highest BCUT2D eigenvalue weighted by Crippen LogP contribution is 2.32. The first-order valence-corrected chi connectivity index (χ1v) is 6.22. The van der Waals surface area contributed by atoms with Gasteiger partial charge >= 0.3 is 0 Å². The molecule has 0 amide bonds. The summed E-state index contributed by atoms with van der Waals surface area (Å²) in [6.45, 7) is 0.841. The Hall–Kier alpha value is -0.280. The van der Waals surface area contributed by atoms with Crippen LogP contribution in [0.4, 0.5) is 0 Å². The molecular formula is C12H15Cl2NO. The number of likely N-dealkylation sites (N-methyl/N-ethyl adjacent to an activating group) is 1. The summed E-state index contributed by atoms with van der Waals surface area (Å²) in [6.07, 6.45) is 2.40. The van der Waals surface area contributed by atoms with Gasteiger partial charge in [0.15, 0.2) is 0 Å². The lowest BCUT2D eigenvalue weighted by Gasteiger charge is -2.23. The van der Waals surface area contributed by atoms with Crippen LogP contribution in [0.25, 0.3) is 0 Å². The molecule has 0 spiro atoms. The molecule has 1 aliphatic rings. The molecule has 1 saturated heterocycles. The third-order valence-electron chi connectivity index (χ3n) is 2.95. The molecule has 0 radical (unpaired) electrons. The van der Waals surface area contributed by atoms with Crippen molar-refractivity contribution >= 4 is 23.2 Å². The molecule has 2 nitrogen and oxygen atoms in total. The highest BCUT2D eigenvalue weighted by atomic mass is 35.5. The second-order valence-corrected chi connectivity index (χ2v) is 4.83. The van der Waals surface area contributed by atoms with Crippen molar-refractivity contribution in [3.05, 3.63) is 33.8 Å². The molecule has 1 fully saturated rings. The molecule has 0 aromatic heterocycles. The standard InChI is InChI=1S/C12H15Cl2NO/c1-15-12(11-3-2-6-16-11)9-5-4-8(13)7-10(9)14/h4-5,7,11-12,15H,2-3,6H2,1H3. The van der Waals surface area contributed by atoms with Gasteiger partial charge in [-0.3, -0.25) is 0 Å². The molecule has 2 unspecified atom stereocenters. The largest absolute Gasteiger partial charge is 0.376 e. The Labute approximate surface area is 106 Å². The van der Waals surface area contributed by atoms with Crippen molar-refractivity contribution in [1.29, 1.82) is 0 Å². The fourth-order valence-corrected chi connectivity index (χ4v) is 2.69. The van der Waals surface area contributed by atoms with Gasteiger partial charge in [0.25, 0.3) is 0 Å². The number of halogens is 2. The van der Waals surface area contributed by atoms with Gasteiger partial charge in [-0.2, -0.15) is 0 Å². The molecule has 0 bridgehead atoms. The van der Waals surface area contributed by atoms with Gasteiger partial charge < -0.3 is 10.1 Å². The Morgan fingerprint density at radius 2 is 2.25 bits per heavy atom. The SMILES string of the molecule is CNC(c1ccc(Cl)cc1Cl)C1CCCO1. The van der Waals surface area contributed by atoms with Crippen LogP contribution in [0.5, 0.6) is 0 Å². The average molecular weight is 260 g/mol. The van der Waals surface area contributed by atoms with Crippen molar-refractivity contribution in [2.75, 3.05) is 13.7 Å². The van der Waals surface area contributed by atoms with Crippen LogP contribution in [0.2, 0.25) is 10.0 Å². The van der Waals surface area contributed by atoms with E-state index in [1.54, 1.807) is 6.07 Å². The van der Waals surface area contributed by atoms with E-state index in [-0.39, 0.29) is 12.1 Å². The van der Waals surface area contributed by atoms with E-state index in [0.717, 1.165) is 25.0 Å². The third kappa shape index (κ3) is 2.51. The molecule has 4 heteroatoms. The first-order valence-electron chi connectivity index (χ1n) is 5.46. The second-order valence-electron chi connectivity index (χ2n) is 3.98. The molecule has 0 saturated carbocycles. The van der Waals surface area contributed by atoms with E-state index in [2.05, 4.69) is 5.32 Å². The summed E-state index contributed by atoms with van der Waals surface area (Å²) in [5.41, 5.74) is 1.06. The number of benzene rings is 1. The number of rotatable bonds is 3. The molecule has 2 atom stereocenters. The van der Waals surface area contributed by atoms with Gasteiger partial charge in [0.05, 0.1) is 12.1 Å². The summed E-state index contributed by atoms with van der Waals surface area (Å²) in [4.78, 5) is 0. The van der Waals surface area contributed by atoms with E-state index in [1.807, 2.05) is 19.2 Å². The molecule has 1 heterocycles. The Morgan fingerprint density at radius 3 is 2.81 bits per heavy atom. The van der Waals surface area contributed by atoms with Gasteiger partial charge in [-0.05, 0) is 37.6 Å². The minimum Gasteiger partial charge on any atom is -0.376 e. The van der Waals surface area contributed by atoms with Gasteiger partial charge in [0, 0.05) is 16.7 Å². The van der Waals surface area contributed by atoms with E-state index >= 15 is 0 Å². The van der Waals surface area contributed by atoms with Crippen molar-refractivity contribution in [1.82, 2.24) is 5.32 Å². The maximum atomic E-state index is 6.20. The van der Waals surface area contributed by atoms with Gasteiger partial charge in [0.2, 0.25) is 0 Å². The van der Waals surface area contributed by atoms with Crippen LogP contribution in [0, 0.1) is 0 Å². The van der Waals surface area contributed by atoms with Crippen LogP contribution in [0.1, 0.15) is 24.4 Å². The quantitative estimate of drug-likeness (QED) is 0.898. The van der Waals surface area contributed by atoms with Crippen molar-refractivity contribution in [3.63, 3.8) is 0 Å². The summed E-state index contributed by atoms with van der Waals surface area (Å²) in [7, 11) is 1.93. The van der Waals surface area contributed by atoms with Gasteiger partial charge in [-0.1, -0.05) is 29.3 Å². The van der Waals surface area contributed by atoms with Crippen LogP contribution in [-0.2, 0) is 4.74 Å². The van der Waals surface area contributed by atoms with E-state index in [1.165, 1.54) is 0 Å². The van der Waals surface area contributed by atoms with Gasteiger partial charge in [-0.25, -0.2) is 0 Å². The summed E-state index contributed by atoms with van der Waals surface area (Å²) < 4.78 is 5.69. The second kappa shape index (κ2) is 5.37. The van der Waals surface area contributed by atoms with E-state index in [0.29, 0.717) is 10.0 Å². The number of hydrogen-bond acceptors (Lipinski definition) is 2. The van der Waals surface area contributed by atoms with E-state index in [4.69, 9.17) is 27.9 Å². The minimum atomic E-state index is 0.146. The lowest BCUT2D eigenvalue weighted by atomic mass is 9.99. The number of hydrogen-bond donors (Lipinski definition) is 1. The fraction of sp³-hybridized carbons (Fsp3) is 0.500. The normalized spacial score (nSPS) is 22.3.